The molecule has 0 saturated heterocycles. The number of anilines is 3. The van der Waals surface area contributed by atoms with Crippen molar-refractivity contribution in [3.63, 3.8) is 0 Å². The van der Waals surface area contributed by atoms with Gasteiger partial charge in [0.05, 0.1) is 0 Å². The van der Waals surface area contributed by atoms with E-state index in [9.17, 15) is 0 Å². The van der Waals surface area contributed by atoms with E-state index in [4.69, 9.17) is 5.73 Å². The molecule has 1 heterocycles. The highest BCUT2D eigenvalue weighted by atomic mass is 15.2. The third-order valence-electron chi connectivity index (χ3n) is 2.53. The van der Waals surface area contributed by atoms with Crippen LogP contribution in [0.15, 0.2) is 30.3 Å². The maximum absolute atomic E-state index is 5.63. The van der Waals surface area contributed by atoms with E-state index in [0.29, 0.717) is 11.9 Å². The van der Waals surface area contributed by atoms with E-state index in [1.54, 1.807) is 0 Å². The minimum absolute atomic E-state index is 0.216. The van der Waals surface area contributed by atoms with Gasteiger partial charge in [-0.1, -0.05) is 30.3 Å². The Morgan fingerprint density at radius 3 is 2.37 bits per heavy atom. The summed E-state index contributed by atoms with van der Waals surface area (Å²) in [5, 5.41) is 6.17. The van der Waals surface area contributed by atoms with Gasteiger partial charge in [-0.15, -0.1) is 0 Å². The molecular weight excluding hydrogens is 240 g/mol. The van der Waals surface area contributed by atoms with Gasteiger partial charge in [0.25, 0.3) is 0 Å². The first-order chi connectivity index (χ1) is 9.28. The molecule has 0 spiro atoms. The van der Waals surface area contributed by atoms with Gasteiger partial charge in [0.1, 0.15) is 0 Å². The van der Waals surface area contributed by atoms with Gasteiger partial charge in [-0.2, -0.15) is 15.0 Å². The highest BCUT2D eigenvalue weighted by Gasteiger charge is 2.02. The first-order valence-electron chi connectivity index (χ1n) is 6.31. The zero-order valence-electron chi connectivity index (χ0n) is 10.9. The van der Waals surface area contributed by atoms with Crippen molar-refractivity contribution in [1.82, 2.24) is 15.0 Å². The summed E-state index contributed by atoms with van der Waals surface area (Å²) in [5.41, 5.74) is 6.90. The Bertz CT molecular complexity index is 514. The van der Waals surface area contributed by atoms with Gasteiger partial charge in [-0.25, -0.2) is 0 Å². The molecule has 0 saturated carbocycles. The highest BCUT2D eigenvalue weighted by molar-refractivity contribution is 5.39. The average molecular weight is 258 g/mol. The van der Waals surface area contributed by atoms with Crippen molar-refractivity contribution in [3.8, 4) is 0 Å². The second kappa shape index (κ2) is 6.53. The van der Waals surface area contributed by atoms with Crippen LogP contribution in [0.1, 0.15) is 12.5 Å². The highest BCUT2D eigenvalue weighted by Crippen LogP contribution is 2.07. The summed E-state index contributed by atoms with van der Waals surface area (Å²) in [4.78, 5) is 12.3. The fourth-order valence-corrected chi connectivity index (χ4v) is 1.67. The Balaban J connectivity index is 1.92. The normalized spacial score (nSPS) is 10.2. The largest absolute Gasteiger partial charge is 0.368 e. The van der Waals surface area contributed by atoms with Crippen LogP contribution in [0.3, 0.4) is 0 Å². The number of aromatic nitrogens is 3. The zero-order chi connectivity index (χ0) is 13.5. The van der Waals surface area contributed by atoms with Crippen molar-refractivity contribution in [1.29, 1.82) is 0 Å². The third kappa shape index (κ3) is 4.09. The topological polar surface area (TPSA) is 88.8 Å². The molecule has 0 fully saturated rings. The van der Waals surface area contributed by atoms with Crippen LogP contribution in [0.25, 0.3) is 0 Å². The third-order valence-corrected chi connectivity index (χ3v) is 2.53. The van der Waals surface area contributed by atoms with E-state index in [1.807, 2.05) is 25.1 Å². The molecule has 0 radical (unpaired) electrons. The predicted molar refractivity (Wildman–Crippen MR) is 77.0 cm³/mol. The van der Waals surface area contributed by atoms with Gasteiger partial charge in [0.2, 0.25) is 17.8 Å². The van der Waals surface area contributed by atoms with Crippen molar-refractivity contribution in [2.75, 3.05) is 29.5 Å². The molecule has 0 bridgehead atoms. The number of benzene rings is 1. The summed E-state index contributed by atoms with van der Waals surface area (Å²) < 4.78 is 0. The molecule has 2 aromatic rings. The lowest BCUT2D eigenvalue weighted by Gasteiger charge is -2.07. The quantitative estimate of drug-likeness (QED) is 0.728. The van der Waals surface area contributed by atoms with Crippen LogP contribution in [-0.4, -0.2) is 28.0 Å². The molecule has 0 atom stereocenters. The monoisotopic (exact) mass is 258 g/mol. The minimum atomic E-state index is 0.216. The fraction of sp³-hybridized carbons (Fsp3) is 0.308. The molecule has 0 aliphatic heterocycles. The van der Waals surface area contributed by atoms with Gasteiger partial charge in [-0.05, 0) is 18.9 Å². The summed E-state index contributed by atoms with van der Waals surface area (Å²) in [6, 6.07) is 10.2. The molecular formula is C13H18N6. The SMILES string of the molecule is CCNc1nc(N)nc(NCCc2ccccc2)n1. The zero-order valence-corrected chi connectivity index (χ0v) is 10.9. The maximum Gasteiger partial charge on any atom is 0.229 e. The standard InChI is InChI=1S/C13H18N6/c1-2-15-12-17-11(14)18-13(19-12)16-9-8-10-6-4-3-5-7-10/h3-7H,2,8-9H2,1H3,(H4,14,15,16,17,18,19). The molecule has 1 aromatic carbocycles. The summed E-state index contributed by atoms with van der Waals surface area (Å²) in [7, 11) is 0. The maximum atomic E-state index is 5.63. The molecule has 2 rings (SSSR count). The van der Waals surface area contributed by atoms with Gasteiger partial charge < -0.3 is 16.4 Å². The summed E-state index contributed by atoms with van der Waals surface area (Å²) in [6.07, 6.45) is 0.906. The van der Waals surface area contributed by atoms with E-state index in [0.717, 1.165) is 19.5 Å². The Hall–Kier alpha value is -2.37. The van der Waals surface area contributed by atoms with Crippen LogP contribution >= 0.6 is 0 Å². The Labute approximate surface area is 112 Å². The van der Waals surface area contributed by atoms with E-state index < -0.39 is 0 Å². The van der Waals surface area contributed by atoms with Crippen LogP contribution in [-0.2, 0) is 6.42 Å². The van der Waals surface area contributed by atoms with Crippen molar-refractivity contribution >= 4 is 17.8 Å². The smallest absolute Gasteiger partial charge is 0.229 e. The first kappa shape index (κ1) is 13.1. The predicted octanol–water partition coefficient (Wildman–Crippen LogP) is 1.54. The molecule has 6 heteroatoms. The molecule has 0 unspecified atom stereocenters. The van der Waals surface area contributed by atoms with Crippen molar-refractivity contribution in [3.05, 3.63) is 35.9 Å². The Morgan fingerprint density at radius 2 is 1.68 bits per heavy atom. The van der Waals surface area contributed by atoms with Gasteiger partial charge in [-0.3, -0.25) is 0 Å². The molecule has 100 valence electrons. The molecule has 6 nitrogen and oxygen atoms in total. The van der Waals surface area contributed by atoms with Gasteiger partial charge in [0, 0.05) is 13.1 Å². The lowest BCUT2D eigenvalue weighted by atomic mass is 10.1. The van der Waals surface area contributed by atoms with Crippen LogP contribution < -0.4 is 16.4 Å². The number of hydrogen-bond acceptors (Lipinski definition) is 6. The van der Waals surface area contributed by atoms with Gasteiger partial charge in [0.15, 0.2) is 0 Å². The molecule has 0 aliphatic carbocycles. The number of nitrogens with zero attached hydrogens (tertiary/aromatic N) is 3. The first-order valence-corrected chi connectivity index (χ1v) is 6.31. The van der Waals surface area contributed by atoms with Crippen molar-refractivity contribution in [2.45, 2.75) is 13.3 Å². The average Bonchev–Trinajstić information content (AvgIpc) is 2.40. The molecule has 19 heavy (non-hydrogen) atoms. The number of nitrogens with two attached hydrogens (primary N) is 1. The molecule has 1 aromatic heterocycles. The molecule has 4 N–H and O–H groups in total. The number of nitrogen functional groups attached to an aromatic ring is 1. The van der Waals surface area contributed by atoms with Crippen LogP contribution in [0.4, 0.5) is 17.8 Å². The lowest BCUT2D eigenvalue weighted by Crippen LogP contribution is -2.12. The Morgan fingerprint density at radius 1 is 1.00 bits per heavy atom. The van der Waals surface area contributed by atoms with Crippen LogP contribution in [0.5, 0.6) is 0 Å². The summed E-state index contributed by atoms with van der Waals surface area (Å²) >= 11 is 0. The molecule has 0 aliphatic rings. The van der Waals surface area contributed by atoms with E-state index in [-0.39, 0.29) is 5.95 Å². The second-order valence-electron chi connectivity index (χ2n) is 4.03. The van der Waals surface area contributed by atoms with E-state index in [1.165, 1.54) is 5.56 Å². The second-order valence-corrected chi connectivity index (χ2v) is 4.03. The fourth-order valence-electron chi connectivity index (χ4n) is 1.67. The van der Waals surface area contributed by atoms with Gasteiger partial charge >= 0.3 is 0 Å². The number of hydrogen-bond donors (Lipinski definition) is 3. The van der Waals surface area contributed by atoms with E-state index >= 15 is 0 Å². The lowest BCUT2D eigenvalue weighted by molar-refractivity contribution is 0.962. The van der Waals surface area contributed by atoms with Crippen molar-refractivity contribution in [2.24, 2.45) is 0 Å². The summed E-state index contributed by atoms with van der Waals surface area (Å²) in [6.45, 7) is 3.47. The van der Waals surface area contributed by atoms with E-state index in [2.05, 4.69) is 37.7 Å². The van der Waals surface area contributed by atoms with Crippen LogP contribution in [0.2, 0.25) is 0 Å². The van der Waals surface area contributed by atoms with Crippen LogP contribution in [0, 0.1) is 0 Å². The number of rotatable bonds is 6. The minimum Gasteiger partial charge on any atom is -0.368 e. The summed E-state index contributed by atoms with van der Waals surface area (Å²) in [5.74, 6) is 1.21. The van der Waals surface area contributed by atoms with Crippen molar-refractivity contribution < 1.29 is 0 Å². The Kier molecular flexibility index (Phi) is 4.49. The number of nitrogens with one attached hydrogen (secondary N) is 2. The molecule has 0 amide bonds.